The Morgan fingerprint density at radius 3 is 2.45 bits per heavy atom. The quantitative estimate of drug-likeness (QED) is 0.842. The lowest BCUT2D eigenvalue weighted by molar-refractivity contribution is -0.126. The van der Waals surface area contributed by atoms with E-state index in [2.05, 4.69) is 5.32 Å². The highest BCUT2D eigenvalue weighted by Gasteiger charge is 2.30. The fourth-order valence-corrected chi connectivity index (χ4v) is 2.24. The standard InChI is InChI=1S/C16H25FN2O/c1-5-10-16(4,18)14(20)19-11-15(2,3)12-8-6-7-9-13(12)17/h6-9H,5,10-11,18H2,1-4H3,(H,19,20). The van der Waals surface area contributed by atoms with Gasteiger partial charge in [-0.2, -0.15) is 0 Å². The van der Waals surface area contributed by atoms with Crippen molar-refractivity contribution < 1.29 is 9.18 Å². The Balaban J connectivity index is 2.74. The molecule has 4 heteroatoms. The molecule has 1 rings (SSSR count). The topological polar surface area (TPSA) is 55.1 Å². The molecule has 0 fully saturated rings. The van der Waals surface area contributed by atoms with E-state index in [0.717, 1.165) is 6.42 Å². The second kappa shape index (κ2) is 6.35. The van der Waals surface area contributed by atoms with Crippen LogP contribution in [0.2, 0.25) is 0 Å². The molecule has 0 radical (unpaired) electrons. The maximum absolute atomic E-state index is 13.8. The van der Waals surface area contributed by atoms with Crippen LogP contribution in [0.5, 0.6) is 0 Å². The molecule has 0 saturated heterocycles. The number of hydrogen-bond donors (Lipinski definition) is 2. The van der Waals surface area contributed by atoms with E-state index in [1.54, 1.807) is 25.1 Å². The zero-order valence-electron chi connectivity index (χ0n) is 12.8. The van der Waals surface area contributed by atoms with Crippen LogP contribution < -0.4 is 11.1 Å². The summed E-state index contributed by atoms with van der Waals surface area (Å²) in [6.07, 6.45) is 1.47. The van der Waals surface area contributed by atoms with Gasteiger partial charge in [0.05, 0.1) is 5.54 Å². The minimum absolute atomic E-state index is 0.191. The summed E-state index contributed by atoms with van der Waals surface area (Å²) >= 11 is 0. The summed E-state index contributed by atoms with van der Waals surface area (Å²) < 4.78 is 13.8. The van der Waals surface area contributed by atoms with Crippen LogP contribution in [0.4, 0.5) is 4.39 Å². The van der Waals surface area contributed by atoms with Gasteiger partial charge in [-0.25, -0.2) is 4.39 Å². The molecule has 1 unspecified atom stereocenters. The number of carbonyl (C=O) groups excluding carboxylic acids is 1. The van der Waals surface area contributed by atoms with Crippen LogP contribution >= 0.6 is 0 Å². The van der Waals surface area contributed by atoms with Crippen molar-refractivity contribution in [2.45, 2.75) is 51.5 Å². The van der Waals surface area contributed by atoms with E-state index in [0.29, 0.717) is 18.5 Å². The number of amides is 1. The van der Waals surface area contributed by atoms with Gasteiger partial charge in [-0.05, 0) is 25.0 Å². The average molecular weight is 280 g/mol. The van der Waals surface area contributed by atoms with Crippen LogP contribution in [0.1, 0.15) is 46.1 Å². The average Bonchev–Trinajstić information content (AvgIpc) is 2.36. The molecule has 0 aromatic heterocycles. The Hall–Kier alpha value is -1.42. The third-order valence-corrected chi connectivity index (χ3v) is 3.58. The van der Waals surface area contributed by atoms with E-state index >= 15 is 0 Å². The minimum Gasteiger partial charge on any atom is -0.354 e. The Morgan fingerprint density at radius 2 is 1.90 bits per heavy atom. The molecule has 0 aliphatic carbocycles. The molecule has 0 heterocycles. The molecule has 3 nitrogen and oxygen atoms in total. The molecular formula is C16H25FN2O. The molecule has 1 amide bonds. The molecule has 3 N–H and O–H groups in total. The Kier molecular flexibility index (Phi) is 5.28. The van der Waals surface area contributed by atoms with E-state index in [9.17, 15) is 9.18 Å². The van der Waals surface area contributed by atoms with Gasteiger partial charge < -0.3 is 11.1 Å². The molecule has 0 bridgehead atoms. The van der Waals surface area contributed by atoms with Crippen molar-refractivity contribution in [3.63, 3.8) is 0 Å². The summed E-state index contributed by atoms with van der Waals surface area (Å²) in [5, 5.41) is 2.84. The third kappa shape index (κ3) is 4.04. The summed E-state index contributed by atoms with van der Waals surface area (Å²) in [6.45, 7) is 7.87. The maximum atomic E-state index is 13.8. The third-order valence-electron chi connectivity index (χ3n) is 3.58. The van der Waals surface area contributed by atoms with Gasteiger partial charge in [0, 0.05) is 12.0 Å². The number of hydrogen-bond acceptors (Lipinski definition) is 2. The molecule has 0 saturated carbocycles. The Labute approximate surface area is 120 Å². The van der Waals surface area contributed by atoms with E-state index in [-0.39, 0.29) is 11.7 Å². The Bertz CT molecular complexity index is 469. The highest BCUT2D eigenvalue weighted by molar-refractivity contribution is 5.85. The summed E-state index contributed by atoms with van der Waals surface area (Å²) in [6, 6.07) is 6.63. The first kappa shape index (κ1) is 16.6. The zero-order chi connectivity index (χ0) is 15.4. The van der Waals surface area contributed by atoms with Crippen LogP contribution in [0.15, 0.2) is 24.3 Å². The molecule has 0 spiro atoms. The van der Waals surface area contributed by atoms with E-state index in [4.69, 9.17) is 5.73 Å². The summed E-state index contributed by atoms with van der Waals surface area (Å²) in [4.78, 5) is 12.1. The number of nitrogens with two attached hydrogens (primary N) is 1. The van der Waals surface area contributed by atoms with Crippen molar-refractivity contribution in [1.82, 2.24) is 5.32 Å². The van der Waals surface area contributed by atoms with Crippen LogP contribution in [0.3, 0.4) is 0 Å². The number of rotatable bonds is 6. The van der Waals surface area contributed by atoms with Crippen LogP contribution in [0.25, 0.3) is 0 Å². The molecule has 112 valence electrons. The van der Waals surface area contributed by atoms with Crippen LogP contribution in [-0.4, -0.2) is 18.0 Å². The van der Waals surface area contributed by atoms with Crippen molar-refractivity contribution in [1.29, 1.82) is 0 Å². The first-order chi connectivity index (χ1) is 9.20. The minimum atomic E-state index is -0.875. The smallest absolute Gasteiger partial charge is 0.239 e. The fourth-order valence-electron chi connectivity index (χ4n) is 2.24. The van der Waals surface area contributed by atoms with E-state index < -0.39 is 11.0 Å². The lowest BCUT2D eigenvalue weighted by Crippen LogP contribution is -2.53. The van der Waals surface area contributed by atoms with Gasteiger partial charge >= 0.3 is 0 Å². The van der Waals surface area contributed by atoms with Gasteiger partial charge in [-0.3, -0.25) is 4.79 Å². The Morgan fingerprint density at radius 1 is 1.30 bits per heavy atom. The van der Waals surface area contributed by atoms with Gasteiger partial charge in [0.25, 0.3) is 0 Å². The molecule has 0 aliphatic rings. The van der Waals surface area contributed by atoms with Crippen molar-refractivity contribution in [2.24, 2.45) is 5.73 Å². The van der Waals surface area contributed by atoms with Gasteiger partial charge in [-0.15, -0.1) is 0 Å². The lowest BCUT2D eigenvalue weighted by atomic mass is 9.84. The van der Waals surface area contributed by atoms with Gasteiger partial charge in [0.1, 0.15) is 5.82 Å². The number of halogens is 1. The van der Waals surface area contributed by atoms with E-state index in [1.165, 1.54) is 6.07 Å². The van der Waals surface area contributed by atoms with Gasteiger partial charge in [-0.1, -0.05) is 45.4 Å². The van der Waals surface area contributed by atoms with Crippen molar-refractivity contribution in [3.8, 4) is 0 Å². The summed E-state index contributed by atoms with van der Waals surface area (Å²) in [5.74, 6) is -0.445. The van der Waals surface area contributed by atoms with Crippen molar-refractivity contribution in [2.75, 3.05) is 6.54 Å². The molecule has 1 aromatic carbocycles. The van der Waals surface area contributed by atoms with Gasteiger partial charge in [0.15, 0.2) is 0 Å². The molecule has 1 aromatic rings. The first-order valence-electron chi connectivity index (χ1n) is 7.03. The summed E-state index contributed by atoms with van der Waals surface area (Å²) in [5.41, 5.74) is 5.22. The molecular weight excluding hydrogens is 255 g/mol. The first-order valence-corrected chi connectivity index (χ1v) is 7.03. The van der Waals surface area contributed by atoms with Crippen molar-refractivity contribution in [3.05, 3.63) is 35.6 Å². The van der Waals surface area contributed by atoms with Gasteiger partial charge in [0.2, 0.25) is 5.91 Å². The largest absolute Gasteiger partial charge is 0.354 e. The molecule has 20 heavy (non-hydrogen) atoms. The van der Waals surface area contributed by atoms with Crippen LogP contribution in [0, 0.1) is 5.82 Å². The predicted octanol–water partition coefficient (Wildman–Crippen LogP) is 2.74. The zero-order valence-corrected chi connectivity index (χ0v) is 12.8. The SMILES string of the molecule is CCCC(C)(N)C(=O)NCC(C)(C)c1ccccc1F. The fraction of sp³-hybridized carbons (Fsp3) is 0.562. The second-order valence-electron chi connectivity index (χ2n) is 6.21. The van der Waals surface area contributed by atoms with Crippen molar-refractivity contribution >= 4 is 5.91 Å². The highest BCUT2D eigenvalue weighted by Crippen LogP contribution is 2.25. The lowest BCUT2D eigenvalue weighted by Gasteiger charge is -2.29. The number of nitrogens with one attached hydrogen (secondary N) is 1. The monoisotopic (exact) mass is 280 g/mol. The summed E-state index contributed by atoms with van der Waals surface area (Å²) in [7, 11) is 0. The molecule has 0 aliphatic heterocycles. The predicted molar refractivity (Wildman–Crippen MR) is 79.9 cm³/mol. The second-order valence-corrected chi connectivity index (χ2v) is 6.21. The highest BCUT2D eigenvalue weighted by atomic mass is 19.1. The number of benzene rings is 1. The van der Waals surface area contributed by atoms with Crippen LogP contribution in [-0.2, 0) is 10.2 Å². The normalized spacial score (nSPS) is 14.7. The maximum Gasteiger partial charge on any atom is 0.239 e. The molecule has 1 atom stereocenters. The number of carbonyl (C=O) groups is 1. The van der Waals surface area contributed by atoms with E-state index in [1.807, 2.05) is 20.8 Å².